The molecule has 0 aromatic heterocycles. The zero-order valence-electron chi connectivity index (χ0n) is 18.3. The van der Waals surface area contributed by atoms with Gasteiger partial charge in [0.25, 0.3) is 5.91 Å². The van der Waals surface area contributed by atoms with Crippen molar-refractivity contribution in [3.8, 4) is 11.5 Å². The third-order valence-corrected chi connectivity index (χ3v) is 6.14. The van der Waals surface area contributed by atoms with Gasteiger partial charge in [0.15, 0.2) is 16.6 Å². The van der Waals surface area contributed by atoms with E-state index in [-0.39, 0.29) is 5.91 Å². The predicted molar refractivity (Wildman–Crippen MR) is 138 cm³/mol. The Labute approximate surface area is 207 Å². The van der Waals surface area contributed by atoms with Gasteiger partial charge >= 0.3 is 0 Å². The van der Waals surface area contributed by atoms with Gasteiger partial charge < -0.3 is 14.4 Å². The van der Waals surface area contributed by atoms with Gasteiger partial charge in [0.2, 0.25) is 0 Å². The first-order valence-corrected chi connectivity index (χ1v) is 11.7. The lowest BCUT2D eigenvalue weighted by Gasteiger charge is -2.16. The van der Waals surface area contributed by atoms with Crippen molar-refractivity contribution in [2.24, 2.45) is 0 Å². The molecule has 1 aliphatic rings. The fraction of sp³-hybridized carbons (Fsp3) is 0.154. The standard InChI is InChI=1S/C26H23BrN2O3S/c1-3-31-24-16-19(11-14-23(24)32-17-18-9-12-20(27)13-10-18)15-22-25(30)29(26(33)28(22)2)21-7-5-4-6-8-21/h4-16H,3,17H2,1-2H3/b22-15-. The fourth-order valence-corrected chi connectivity index (χ4v) is 4.01. The number of nitrogens with zero attached hydrogens (tertiary/aromatic N) is 2. The number of amides is 1. The second-order valence-corrected chi connectivity index (χ2v) is 8.68. The Balaban J connectivity index is 1.58. The highest BCUT2D eigenvalue weighted by atomic mass is 79.9. The summed E-state index contributed by atoms with van der Waals surface area (Å²) in [5.41, 5.74) is 3.12. The minimum Gasteiger partial charge on any atom is -0.490 e. The molecule has 0 spiro atoms. The summed E-state index contributed by atoms with van der Waals surface area (Å²) in [6, 6.07) is 23.0. The number of ether oxygens (including phenoxy) is 2. The Bertz CT molecular complexity index is 1200. The molecule has 0 aliphatic carbocycles. The van der Waals surface area contributed by atoms with Crippen molar-refractivity contribution in [1.82, 2.24) is 4.90 Å². The first kappa shape index (κ1) is 23.0. The molecule has 168 valence electrons. The van der Waals surface area contributed by atoms with Crippen molar-refractivity contribution in [2.75, 3.05) is 18.6 Å². The van der Waals surface area contributed by atoms with Crippen molar-refractivity contribution in [1.29, 1.82) is 0 Å². The summed E-state index contributed by atoms with van der Waals surface area (Å²) in [6.45, 7) is 2.85. The number of thiocarbonyl (C=S) groups is 1. The van der Waals surface area contributed by atoms with Crippen molar-refractivity contribution in [3.05, 3.63) is 94.1 Å². The van der Waals surface area contributed by atoms with Gasteiger partial charge in [-0.15, -0.1) is 0 Å². The Hall–Kier alpha value is -3.16. The van der Waals surface area contributed by atoms with E-state index in [2.05, 4.69) is 15.9 Å². The molecule has 0 bridgehead atoms. The van der Waals surface area contributed by atoms with E-state index in [1.165, 1.54) is 0 Å². The number of halogens is 1. The Kier molecular flexibility index (Phi) is 7.11. The van der Waals surface area contributed by atoms with Gasteiger partial charge in [0.05, 0.1) is 12.3 Å². The van der Waals surface area contributed by atoms with Gasteiger partial charge in [0, 0.05) is 11.5 Å². The minimum atomic E-state index is -0.165. The number of hydrogen-bond donors (Lipinski definition) is 0. The van der Waals surface area contributed by atoms with Crippen LogP contribution in [-0.4, -0.2) is 29.6 Å². The van der Waals surface area contributed by atoms with E-state index >= 15 is 0 Å². The van der Waals surface area contributed by atoms with Crippen LogP contribution < -0.4 is 14.4 Å². The monoisotopic (exact) mass is 522 g/mol. The van der Waals surface area contributed by atoms with Crippen LogP contribution in [0.3, 0.4) is 0 Å². The van der Waals surface area contributed by atoms with Crippen LogP contribution in [0.5, 0.6) is 11.5 Å². The summed E-state index contributed by atoms with van der Waals surface area (Å²) in [4.78, 5) is 16.4. The first-order valence-electron chi connectivity index (χ1n) is 10.5. The molecule has 5 nitrogen and oxygen atoms in total. The highest BCUT2D eigenvalue weighted by Gasteiger charge is 2.36. The van der Waals surface area contributed by atoms with Crippen LogP contribution in [0.4, 0.5) is 5.69 Å². The van der Waals surface area contributed by atoms with Gasteiger partial charge in [-0.2, -0.15) is 0 Å². The maximum absolute atomic E-state index is 13.2. The van der Waals surface area contributed by atoms with Crippen LogP contribution in [0, 0.1) is 0 Å². The molecule has 1 saturated heterocycles. The van der Waals surface area contributed by atoms with E-state index in [0.29, 0.717) is 35.5 Å². The van der Waals surface area contributed by atoms with Crippen molar-refractivity contribution < 1.29 is 14.3 Å². The Morgan fingerprint density at radius 3 is 2.39 bits per heavy atom. The van der Waals surface area contributed by atoms with Crippen LogP contribution in [0.15, 0.2) is 83.0 Å². The number of rotatable bonds is 7. The Morgan fingerprint density at radius 1 is 0.970 bits per heavy atom. The molecule has 1 fully saturated rings. The molecule has 1 heterocycles. The average molecular weight is 523 g/mol. The summed E-state index contributed by atoms with van der Waals surface area (Å²) in [5, 5.41) is 0.442. The summed E-state index contributed by atoms with van der Waals surface area (Å²) in [5.74, 6) is 1.11. The third-order valence-electron chi connectivity index (χ3n) is 5.15. The zero-order valence-corrected chi connectivity index (χ0v) is 20.7. The lowest BCUT2D eigenvalue weighted by Crippen LogP contribution is -2.30. The summed E-state index contributed by atoms with van der Waals surface area (Å²) < 4.78 is 12.8. The lowest BCUT2D eigenvalue weighted by atomic mass is 10.1. The molecule has 33 heavy (non-hydrogen) atoms. The average Bonchev–Trinajstić information content (AvgIpc) is 3.03. The largest absolute Gasteiger partial charge is 0.490 e. The molecule has 0 unspecified atom stereocenters. The van der Waals surface area contributed by atoms with E-state index in [1.54, 1.807) is 16.8 Å². The number of hydrogen-bond acceptors (Lipinski definition) is 4. The second-order valence-electron chi connectivity index (χ2n) is 7.40. The maximum atomic E-state index is 13.2. The van der Waals surface area contributed by atoms with E-state index < -0.39 is 0 Å². The number of carbonyl (C=O) groups is 1. The maximum Gasteiger partial charge on any atom is 0.281 e. The number of likely N-dealkylation sites (N-methyl/N-ethyl adjacent to an activating group) is 1. The van der Waals surface area contributed by atoms with E-state index in [4.69, 9.17) is 21.7 Å². The topological polar surface area (TPSA) is 42.0 Å². The molecular formula is C26H23BrN2O3S. The van der Waals surface area contributed by atoms with E-state index in [0.717, 1.165) is 21.3 Å². The molecular weight excluding hydrogens is 500 g/mol. The van der Waals surface area contributed by atoms with Crippen LogP contribution >= 0.6 is 28.1 Å². The number of para-hydroxylation sites is 1. The molecule has 0 N–H and O–H groups in total. The van der Waals surface area contributed by atoms with Gasteiger partial charge in [-0.3, -0.25) is 9.69 Å². The number of carbonyl (C=O) groups excluding carboxylic acids is 1. The van der Waals surface area contributed by atoms with Crippen molar-refractivity contribution in [3.63, 3.8) is 0 Å². The lowest BCUT2D eigenvalue weighted by molar-refractivity contribution is -0.114. The van der Waals surface area contributed by atoms with Crippen LogP contribution in [0.25, 0.3) is 6.08 Å². The summed E-state index contributed by atoms with van der Waals surface area (Å²) in [7, 11) is 1.80. The molecule has 3 aromatic rings. The Morgan fingerprint density at radius 2 is 1.70 bits per heavy atom. The molecule has 0 saturated carbocycles. The SMILES string of the molecule is CCOc1cc(/C=C2/C(=O)N(c3ccccc3)C(=S)N2C)ccc1OCc1ccc(Br)cc1. The molecule has 1 aliphatic heterocycles. The molecule has 7 heteroatoms. The highest BCUT2D eigenvalue weighted by Crippen LogP contribution is 2.32. The highest BCUT2D eigenvalue weighted by molar-refractivity contribution is 9.10. The second kappa shape index (κ2) is 10.2. The summed E-state index contributed by atoms with van der Waals surface area (Å²) >= 11 is 8.98. The van der Waals surface area contributed by atoms with Gasteiger partial charge in [-0.1, -0.05) is 52.3 Å². The fourth-order valence-electron chi connectivity index (χ4n) is 3.46. The van der Waals surface area contributed by atoms with Crippen LogP contribution in [0.2, 0.25) is 0 Å². The van der Waals surface area contributed by atoms with Gasteiger partial charge in [0.1, 0.15) is 12.3 Å². The van der Waals surface area contributed by atoms with E-state index in [1.807, 2.05) is 85.8 Å². The normalized spacial score (nSPS) is 14.8. The van der Waals surface area contributed by atoms with Gasteiger partial charge in [-0.05, 0) is 72.7 Å². The zero-order chi connectivity index (χ0) is 23.4. The molecule has 0 radical (unpaired) electrons. The van der Waals surface area contributed by atoms with E-state index in [9.17, 15) is 4.79 Å². The number of anilines is 1. The third kappa shape index (κ3) is 5.10. The van der Waals surface area contributed by atoms with Crippen LogP contribution in [0.1, 0.15) is 18.1 Å². The predicted octanol–water partition coefficient (Wildman–Crippen LogP) is 6.03. The quantitative estimate of drug-likeness (QED) is 0.280. The van der Waals surface area contributed by atoms with Crippen molar-refractivity contribution in [2.45, 2.75) is 13.5 Å². The van der Waals surface area contributed by atoms with Gasteiger partial charge in [-0.25, -0.2) is 0 Å². The smallest absolute Gasteiger partial charge is 0.281 e. The molecule has 1 amide bonds. The number of benzene rings is 3. The molecule has 0 atom stereocenters. The first-order chi connectivity index (χ1) is 16.0. The minimum absolute atomic E-state index is 0.165. The van der Waals surface area contributed by atoms with Crippen LogP contribution in [-0.2, 0) is 11.4 Å². The molecule has 4 rings (SSSR count). The molecule has 3 aromatic carbocycles. The summed E-state index contributed by atoms with van der Waals surface area (Å²) in [6.07, 6.45) is 1.82. The van der Waals surface area contributed by atoms with Crippen molar-refractivity contribution >= 4 is 50.9 Å².